The zero-order chi connectivity index (χ0) is 19.0. The van der Waals surface area contributed by atoms with Gasteiger partial charge in [-0.05, 0) is 36.2 Å². The Bertz CT molecular complexity index is 730. The fourth-order valence-corrected chi connectivity index (χ4v) is 2.76. The zero-order valence-corrected chi connectivity index (χ0v) is 15.2. The van der Waals surface area contributed by atoms with Crippen molar-refractivity contribution in [3.8, 4) is 5.75 Å². The molecule has 0 radical (unpaired) electrons. The topological polar surface area (TPSA) is 73.9 Å². The van der Waals surface area contributed by atoms with E-state index in [9.17, 15) is 9.59 Å². The van der Waals surface area contributed by atoms with Gasteiger partial charge >= 0.3 is 11.9 Å². The standard InChI is InChI=1S/C20H23NO5/c1-24-17-11-9-16(10-12-17)21-20(19(23)26-3,14-13-18(22)25-2)15-7-5-4-6-8-15/h4-12,21H,13-14H2,1-3H3/t20-/m0/s1. The van der Waals surface area contributed by atoms with Crippen molar-refractivity contribution in [2.45, 2.75) is 18.4 Å². The first-order valence-corrected chi connectivity index (χ1v) is 8.18. The lowest BCUT2D eigenvalue weighted by Crippen LogP contribution is -2.45. The van der Waals surface area contributed by atoms with E-state index >= 15 is 0 Å². The van der Waals surface area contributed by atoms with Crippen molar-refractivity contribution >= 4 is 17.6 Å². The molecule has 0 bridgehead atoms. The summed E-state index contributed by atoms with van der Waals surface area (Å²) in [6, 6.07) is 16.4. The van der Waals surface area contributed by atoms with Crippen molar-refractivity contribution in [3.63, 3.8) is 0 Å². The Hall–Kier alpha value is -3.02. The van der Waals surface area contributed by atoms with Gasteiger partial charge in [0.2, 0.25) is 0 Å². The van der Waals surface area contributed by atoms with Crippen LogP contribution in [0.25, 0.3) is 0 Å². The predicted molar refractivity (Wildman–Crippen MR) is 98.0 cm³/mol. The molecule has 0 heterocycles. The van der Waals surface area contributed by atoms with Crippen LogP contribution < -0.4 is 10.1 Å². The molecular weight excluding hydrogens is 334 g/mol. The molecule has 2 rings (SSSR count). The molecule has 2 aromatic rings. The number of esters is 2. The molecule has 1 N–H and O–H groups in total. The largest absolute Gasteiger partial charge is 0.497 e. The quantitative estimate of drug-likeness (QED) is 0.732. The summed E-state index contributed by atoms with van der Waals surface area (Å²) < 4.78 is 15.0. The van der Waals surface area contributed by atoms with Crippen LogP contribution in [0, 0.1) is 0 Å². The van der Waals surface area contributed by atoms with Gasteiger partial charge in [0.1, 0.15) is 5.75 Å². The Morgan fingerprint density at radius 2 is 1.58 bits per heavy atom. The highest BCUT2D eigenvalue weighted by atomic mass is 16.5. The maximum absolute atomic E-state index is 12.8. The molecule has 0 fully saturated rings. The summed E-state index contributed by atoms with van der Waals surface area (Å²) in [5, 5.41) is 3.25. The summed E-state index contributed by atoms with van der Waals surface area (Å²) >= 11 is 0. The Labute approximate surface area is 153 Å². The molecule has 0 aliphatic rings. The van der Waals surface area contributed by atoms with E-state index in [-0.39, 0.29) is 12.8 Å². The van der Waals surface area contributed by atoms with Crippen LogP contribution in [0.2, 0.25) is 0 Å². The maximum Gasteiger partial charge on any atom is 0.336 e. The van der Waals surface area contributed by atoms with E-state index in [1.165, 1.54) is 14.2 Å². The average Bonchev–Trinajstić information content (AvgIpc) is 2.71. The fourth-order valence-electron chi connectivity index (χ4n) is 2.76. The highest BCUT2D eigenvalue weighted by Crippen LogP contribution is 2.33. The normalized spacial score (nSPS) is 12.6. The van der Waals surface area contributed by atoms with Gasteiger partial charge < -0.3 is 19.5 Å². The van der Waals surface area contributed by atoms with Crippen molar-refractivity contribution in [2.75, 3.05) is 26.6 Å². The highest BCUT2D eigenvalue weighted by molar-refractivity contribution is 5.87. The second-order valence-electron chi connectivity index (χ2n) is 5.69. The zero-order valence-electron chi connectivity index (χ0n) is 15.2. The molecular formula is C20H23NO5. The molecule has 2 aromatic carbocycles. The molecule has 0 saturated carbocycles. The van der Waals surface area contributed by atoms with E-state index in [1.54, 1.807) is 31.4 Å². The molecule has 0 saturated heterocycles. The number of rotatable bonds is 8. The lowest BCUT2D eigenvalue weighted by molar-refractivity contribution is -0.147. The van der Waals surface area contributed by atoms with Gasteiger partial charge in [-0.15, -0.1) is 0 Å². The number of methoxy groups -OCH3 is 3. The first-order chi connectivity index (χ1) is 12.6. The van der Waals surface area contributed by atoms with Crippen molar-refractivity contribution < 1.29 is 23.8 Å². The summed E-state index contributed by atoms with van der Waals surface area (Å²) in [6.45, 7) is 0. The number of carbonyl (C=O) groups is 2. The molecule has 6 heteroatoms. The first-order valence-electron chi connectivity index (χ1n) is 8.18. The summed E-state index contributed by atoms with van der Waals surface area (Å²) in [5.74, 6) is -0.178. The van der Waals surface area contributed by atoms with Gasteiger partial charge in [-0.2, -0.15) is 0 Å². The van der Waals surface area contributed by atoms with Gasteiger partial charge in [0.05, 0.1) is 21.3 Å². The molecule has 0 aromatic heterocycles. The number of nitrogens with one attached hydrogen (secondary N) is 1. The SMILES string of the molecule is COC(=O)CC[C@@](Nc1ccc(OC)cc1)(C(=O)OC)c1ccccc1. The molecule has 0 aliphatic heterocycles. The minimum absolute atomic E-state index is 0.0592. The number of hydrogen-bond donors (Lipinski definition) is 1. The van der Waals surface area contributed by atoms with Crippen LogP contribution in [-0.4, -0.2) is 33.3 Å². The fraction of sp³-hybridized carbons (Fsp3) is 0.300. The van der Waals surface area contributed by atoms with Crippen molar-refractivity contribution in [2.24, 2.45) is 0 Å². The third kappa shape index (κ3) is 4.33. The number of carbonyl (C=O) groups excluding carboxylic acids is 2. The maximum atomic E-state index is 12.8. The van der Waals surface area contributed by atoms with Gasteiger partial charge in [0.15, 0.2) is 5.54 Å². The van der Waals surface area contributed by atoms with Crippen molar-refractivity contribution in [3.05, 3.63) is 60.2 Å². The van der Waals surface area contributed by atoms with E-state index in [0.717, 1.165) is 0 Å². The van der Waals surface area contributed by atoms with Crippen molar-refractivity contribution in [1.82, 2.24) is 0 Å². The molecule has 138 valence electrons. The lowest BCUT2D eigenvalue weighted by Gasteiger charge is -2.33. The molecule has 0 spiro atoms. The Balaban J connectivity index is 2.45. The minimum atomic E-state index is -1.22. The van der Waals surface area contributed by atoms with Gasteiger partial charge in [0, 0.05) is 12.1 Å². The molecule has 1 atom stereocenters. The van der Waals surface area contributed by atoms with E-state index in [1.807, 2.05) is 30.3 Å². The van der Waals surface area contributed by atoms with E-state index in [4.69, 9.17) is 14.2 Å². The second kappa shape index (κ2) is 8.89. The Morgan fingerprint density at radius 3 is 2.12 bits per heavy atom. The van der Waals surface area contributed by atoms with Gasteiger partial charge in [-0.25, -0.2) is 4.79 Å². The van der Waals surface area contributed by atoms with Crippen LogP contribution in [0.1, 0.15) is 18.4 Å². The molecule has 6 nitrogen and oxygen atoms in total. The van der Waals surface area contributed by atoms with Crippen LogP contribution >= 0.6 is 0 Å². The summed E-state index contributed by atoms with van der Waals surface area (Å²) in [6.07, 6.45) is 0.242. The Kier molecular flexibility index (Phi) is 6.60. The first kappa shape index (κ1) is 19.3. The number of hydrogen-bond acceptors (Lipinski definition) is 6. The monoisotopic (exact) mass is 357 g/mol. The van der Waals surface area contributed by atoms with E-state index < -0.39 is 17.5 Å². The van der Waals surface area contributed by atoms with Crippen molar-refractivity contribution in [1.29, 1.82) is 0 Å². The molecule has 0 amide bonds. The van der Waals surface area contributed by atoms with Crippen LogP contribution in [0.3, 0.4) is 0 Å². The summed E-state index contributed by atoms with van der Waals surface area (Å²) in [7, 11) is 4.23. The van der Waals surface area contributed by atoms with Crippen LogP contribution in [0.5, 0.6) is 5.75 Å². The molecule has 0 unspecified atom stereocenters. The average molecular weight is 357 g/mol. The van der Waals surface area contributed by atoms with Crippen LogP contribution in [0.15, 0.2) is 54.6 Å². The third-order valence-electron chi connectivity index (χ3n) is 4.18. The number of benzene rings is 2. The van der Waals surface area contributed by atoms with E-state index in [2.05, 4.69) is 5.32 Å². The summed E-state index contributed by atoms with van der Waals surface area (Å²) in [4.78, 5) is 24.5. The lowest BCUT2D eigenvalue weighted by atomic mass is 9.84. The second-order valence-corrected chi connectivity index (χ2v) is 5.69. The van der Waals surface area contributed by atoms with Gasteiger partial charge in [0.25, 0.3) is 0 Å². The Morgan fingerprint density at radius 1 is 0.923 bits per heavy atom. The minimum Gasteiger partial charge on any atom is -0.497 e. The smallest absolute Gasteiger partial charge is 0.336 e. The predicted octanol–water partition coefficient (Wildman–Crippen LogP) is 3.13. The van der Waals surface area contributed by atoms with Gasteiger partial charge in [-0.3, -0.25) is 4.79 Å². The van der Waals surface area contributed by atoms with E-state index in [0.29, 0.717) is 17.0 Å². The molecule has 0 aliphatic carbocycles. The van der Waals surface area contributed by atoms with Crippen LogP contribution in [0.4, 0.5) is 5.69 Å². The summed E-state index contributed by atoms with van der Waals surface area (Å²) in [5.41, 5.74) is 0.176. The molecule has 26 heavy (non-hydrogen) atoms. The van der Waals surface area contributed by atoms with Gasteiger partial charge in [-0.1, -0.05) is 30.3 Å². The number of anilines is 1. The number of ether oxygens (including phenoxy) is 3. The highest BCUT2D eigenvalue weighted by Gasteiger charge is 2.42. The van der Waals surface area contributed by atoms with Crippen LogP contribution in [-0.2, 0) is 24.6 Å². The third-order valence-corrected chi connectivity index (χ3v) is 4.18.